The molecule has 0 amide bonds. The van der Waals surface area contributed by atoms with Gasteiger partial charge in [0.25, 0.3) is 0 Å². The zero-order chi connectivity index (χ0) is 28.3. The van der Waals surface area contributed by atoms with Crippen LogP contribution in [0.25, 0.3) is 16.5 Å². The molecule has 7 rings (SSSR count). The van der Waals surface area contributed by atoms with Gasteiger partial charge in [0.15, 0.2) is 0 Å². The van der Waals surface area contributed by atoms with Gasteiger partial charge in [0.2, 0.25) is 0 Å². The van der Waals surface area contributed by atoms with E-state index in [9.17, 15) is 0 Å². The molecule has 0 aliphatic carbocycles. The van der Waals surface area contributed by atoms with Crippen molar-refractivity contribution in [2.75, 3.05) is 0 Å². The van der Waals surface area contributed by atoms with Gasteiger partial charge in [-0.25, -0.2) is 0 Å². The van der Waals surface area contributed by atoms with Crippen LogP contribution in [0.3, 0.4) is 0 Å². The zero-order valence-corrected chi connectivity index (χ0v) is 25.3. The lowest BCUT2D eigenvalue weighted by Gasteiger charge is -2.28. The van der Waals surface area contributed by atoms with E-state index in [1.54, 1.807) is 0 Å². The summed E-state index contributed by atoms with van der Waals surface area (Å²) < 4.78 is 2.57. The fraction of sp³-hybridized carbons (Fsp3) is 0.0256. The Bertz CT molecular complexity index is 1850. The minimum absolute atomic E-state index is 0.795. The Morgan fingerprint density at radius 1 is 0.405 bits per heavy atom. The zero-order valence-electron chi connectivity index (χ0n) is 23.5. The normalized spacial score (nSPS) is 11.4. The number of hydrogen-bond donors (Lipinski definition) is 0. The average Bonchev–Trinajstić information content (AvgIpc) is 3.43. The minimum atomic E-state index is -0.811. The van der Waals surface area contributed by atoms with E-state index in [4.69, 9.17) is 0 Å². The van der Waals surface area contributed by atoms with Crippen LogP contribution in [0.1, 0.15) is 5.69 Å². The highest BCUT2D eigenvalue weighted by molar-refractivity contribution is 7.80. The van der Waals surface area contributed by atoms with Crippen LogP contribution in [0.2, 0.25) is 0 Å². The van der Waals surface area contributed by atoms with Crippen LogP contribution in [0.5, 0.6) is 0 Å². The van der Waals surface area contributed by atoms with Crippen molar-refractivity contribution in [2.45, 2.75) is 6.92 Å². The summed E-state index contributed by atoms with van der Waals surface area (Å²) >= 11 is 0. The Morgan fingerprint density at radius 3 is 1.38 bits per heavy atom. The van der Waals surface area contributed by atoms with Gasteiger partial charge in [-0.15, -0.1) is 0 Å². The third-order valence-electron chi connectivity index (χ3n) is 7.69. The summed E-state index contributed by atoms with van der Waals surface area (Å²) in [5.74, 6) is 0. The van der Waals surface area contributed by atoms with Gasteiger partial charge in [-0.1, -0.05) is 158 Å². The van der Waals surface area contributed by atoms with Crippen molar-refractivity contribution in [2.24, 2.45) is 0 Å². The summed E-state index contributed by atoms with van der Waals surface area (Å²) in [5.41, 5.74) is 3.88. The van der Waals surface area contributed by atoms with Gasteiger partial charge in [-0.3, -0.25) is 0 Å². The molecule has 0 saturated heterocycles. The second-order valence-corrected chi connectivity index (χ2v) is 14.7. The van der Waals surface area contributed by atoms with E-state index in [1.807, 2.05) is 0 Å². The maximum atomic E-state index is 2.57. The molecule has 0 aliphatic heterocycles. The fourth-order valence-corrected chi connectivity index (χ4v) is 10.7. The molecule has 0 unspecified atom stereocenters. The van der Waals surface area contributed by atoms with Crippen LogP contribution in [0.15, 0.2) is 170 Å². The largest absolute Gasteiger partial charge is 0.312 e. The number of hydrogen-bond acceptors (Lipinski definition) is 0. The van der Waals surface area contributed by atoms with Gasteiger partial charge in [0.1, 0.15) is 0 Å². The predicted octanol–water partition coefficient (Wildman–Crippen LogP) is 7.46. The molecule has 3 heteroatoms. The second-order valence-electron chi connectivity index (χ2n) is 10.3. The lowest BCUT2D eigenvalue weighted by molar-refractivity contribution is 1.06. The quantitative estimate of drug-likeness (QED) is 0.174. The molecule has 6 aromatic carbocycles. The number of rotatable bonds is 7. The summed E-state index contributed by atoms with van der Waals surface area (Å²) in [5, 5.41) is 9.34. The van der Waals surface area contributed by atoms with E-state index >= 15 is 0 Å². The molecule has 42 heavy (non-hydrogen) atoms. The van der Waals surface area contributed by atoms with Crippen molar-refractivity contribution in [1.29, 1.82) is 0 Å². The van der Waals surface area contributed by atoms with E-state index in [0.29, 0.717) is 0 Å². The van der Waals surface area contributed by atoms with Crippen molar-refractivity contribution in [1.82, 2.24) is 4.57 Å². The topological polar surface area (TPSA) is 4.93 Å². The number of aryl methyl sites for hydroxylation is 1. The Balaban J connectivity index is 1.56. The first-order valence-electron chi connectivity index (χ1n) is 14.3. The maximum Gasteiger partial charge on any atom is 0.0620 e. The van der Waals surface area contributed by atoms with Crippen LogP contribution >= 0.6 is 15.8 Å². The molecule has 0 N–H and O–H groups in total. The van der Waals surface area contributed by atoms with Crippen molar-refractivity contribution >= 4 is 58.6 Å². The molecule has 0 radical (unpaired) electrons. The van der Waals surface area contributed by atoms with Gasteiger partial charge < -0.3 is 4.57 Å². The lowest BCUT2D eigenvalue weighted by atomic mass is 10.1. The molecular weight excluding hydrogens is 544 g/mol. The first-order chi connectivity index (χ1) is 20.8. The van der Waals surface area contributed by atoms with E-state index < -0.39 is 15.8 Å². The molecular formula is C39H31NP2. The van der Waals surface area contributed by atoms with Crippen molar-refractivity contribution in [3.8, 4) is 5.69 Å². The smallest absolute Gasteiger partial charge is 0.0620 e. The third kappa shape index (κ3) is 5.01. The molecule has 1 aromatic heterocycles. The maximum absolute atomic E-state index is 2.57. The summed E-state index contributed by atoms with van der Waals surface area (Å²) in [7, 11) is -1.61. The molecule has 0 aliphatic rings. The van der Waals surface area contributed by atoms with E-state index in [-0.39, 0.29) is 0 Å². The first kappa shape index (κ1) is 26.6. The van der Waals surface area contributed by atoms with E-state index in [2.05, 4.69) is 181 Å². The molecule has 0 fully saturated rings. The molecule has 7 aromatic rings. The summed E-state index contributed by atoms with van der Waals surface area (Å²) in [6.07, 6.45) is 0. The number of fused-ring (bicyclic) bond motifs is 1. The van der Waals surface area contributed by atoms with Gasteiger partial charge in [0.05, 0.1) is 11.1 Å². The number of aromatic nitrogens is 1. The van der Waals surface area contributed by atoms with Crippen LogP contribution in [0, 0.1) is 6.92 Å². The van der Waals surface area contributed by atoms with Crippen LogP contribution in [0.4, 0.5) is 0 Å². The minimum Gasteiger partial charge on any atom is -0.312 e. The highest BCUT2D eigenvalue weighted by Crippen LogP contribution is 2.40. The predicted molar refractivity (Wildman–Crippen MR) is 185 cm³/mol. The Kier molecular flexibility index (Phi) is 7.55. The SMILES string of the molecule is Cc1ccc(P(c2ccccc2)c2ccccc2)n1-c1c(P(c2ccccc2)c2ccccc2)ccc2ccccc12. The molecule has 0 spiro atoms. The molecule has 0 saturated carbocycles. The van der Waals surface area contributed by atoms with Crippen LogP contribution < -0.4 is 32.0 Å². The van der Waals surface area contributed by atoms with E-state index in [0.717, 1.165) is 0 Å². The average molecular weight is 576 g/mol. The van der Waals surface area contributed by atoms with E-state index in [1.165, 1.54) is 54.1 Å². The van der Waals surface area contributed by atoms with Gasteiger partial charge in [0, 0.05) is 24.3 Å². The van der Waals surface area contributed by atoms with Crippen molar-refractivity contribution < 1.29 is 0 Å². The fourth-order valence-electron chi connectivity index (χ4n) is 5.80. The molecule has 0 atom stereocenters. The Morgan fingerprint density at radius 2 is 0.857 bits per heavy atom. The van der Waals surface area contributed by atoms with Crippen molar-refractivity contribution in [3.05, 3.63) is 176 Å². The summed E-state index contributed by atoms with van der Waals surface area (Å²) in [4.78, 5) is 0. The molecule has 0 bridgehead atoms. The van der Waals surface area contributed by atoms with Crippen LogP contribution in [-0.2, 0) is 0 Å². The first-order valence-corrected chi connectivity index (χ1v) is 17.0. The molecule has 1 nitrogen and oxygen atoms in total. The van der Waals surface area contributed by atoms with Crippen molar-refractivity contribution in [3.63, 3.8) is 0 Å². The summed E-state index contributed by atoms with van der Waals surface area (Å²) in [6.45, 7) is 2.26. The Labute approximate surface area is 250 Å². The van der Waals surface area contributed by atoms with Gasteiger partial charge in [-0.05, 0) is 53.6 Å². The third-order valence-corrected chi connectivity index (χ3v) is 12.6. The van der Waals surface area contributed by atoms with Gasteiger partial charge >= 0.3 is 0 Å². The second kappa shape index (κ2) is 11.9. The van der Waals surface area contributed by atoms with Crippen LogP contribution in [-0.4, -0.2) is 4.57 Å². The molecule has 1 heterocycles. The van der Waals surface area contributed by atoms with Gasteiger partial charge in [-0.2, -0.15) is 0 Å². The highest BCUT2D eigenvalue weighted by atomic mass is 31.1. The highest BCUT2D eigenvalue weighted by Gasteiger charge is 2.27. The monoisotopic (exact) mass is 575 g/mol. The standard InChI is InChI=1S/C39H31NP2/c1-30-26-29-38(42(34-21-10-4-11-22-34)35-23-12-5-13-24-35)40(30)39-36-25-15-14-16-31(36)27-28-37(39)41(32-17-6-2-7-18-32)33-19-8-3-9-20-33/h2-29H,1H3. The number of benzene rings is 6. The molecule has 202 valence electrons. The lowest BCUT2D eigenvalue weighted by Crippen LogP contribution is -2.30. The number of nitrogens with zero attached hydrogens (tertiary/aromatic N) is 1. The Hall–Kier alpha value is -4.28. The summed E-state index contributed by atoms with van der Waals surface area (Å²) in [6, 6.07) is 62.4.